The van der Waals surface area contributed by atoms with Gasteiger partial charge in [-0.25, -0.2) is 9.97 Å². The lowest BCUT2D eigenvalue weighted by atomic mass is 9.94. The van der Waals surface area contributed by atoms with Crippen molar-refractivity contribution in [2.75, 3.05) is 31.1 Å². The average molecular weight is 326 g/mol. The number of hydrogen-bond acceptors (Lipinski definition) is 6. The fourth-order valence-electron chi connectivity index (χ4n) is 3.48. The minimum absolute atomic E-state index is 0.0929. The minimum atomic E-state index is -0.495. The topological polar surface area (TPSA) is 75.4 Å². The Hall–Kier alpha value is -1.47. The maximum atomic E-state index is 11.2. The molecule has 1 aliphatic carbocycles. The van der Waals surface area contributed by atoms with E-state index in [1.165, 1.54) is 38.4 Å². The van der Waals surface area contributed by atoms with Crippen molar-refractivity contribution in [3.8, 4) is 0 Å². The van der Waals surface area contributed by atoms with E-state index in [1.54, 1.807) is 0 Å². The first-order valence-corrected chi connectivity index (χ1v) is 8.18. The molecule has 0 N–H and O–H groups in total. The number of nitrogens with zero attached hydrogens (tertiary/aromatic N) is 5. The molecule has 0 aromatic carbocycles. The molecule has 0 atom stereocenters. The molecule has 0 radical (unpaired) electrons. The van der Waals surface area contributed by atoms with E-state index in [4.69, 9.17) is 11.6 Å². The highest BCUT2D eigenvalue weighted by Gasteiger charge is 2.30. The molecule has 1 aliphatic heterocycles. The average Bonchev–Trinajstić information content (AvgIpc) is 2.55. The second kappa shape index (κ2) is 6.75. The number of hydrogen-bond donors (Lipinski definition) is 0. The van der Waals surface area contributed by atoms with Crippen molar-refractivity contribution in [1.29, 1.82) is 0 Å². The zero-order valence-electron chi connectivity index (χ0n) is 12.4. The van der Waals surface area contributed by atoms with Crippen molar-refractivity contribution in [3.63, 3.8) is 0 Å². The predicted octanol–water partition coefficient (Wildman–Crippen LogP) is 2.49. The molecule has 1 saturated heterocycles. The Morgan fingerprint density at radius 2 is 1.82 bits per heavy atom. The maximum Gasteiger partial charge on any atom is 0.348 e. The highest BCUT2D eigenvalue weighted by molar-refractivity contribution is 6.31. The van der Waals surface area contributed by atoms with E-state index >= 15 is 0 Å². The molecule has 22 heavy (non-hydrogen) atoms. The molecule has 2 heterocycles. The summed E-state index contributed by atoms with van der Waals surface area (Å²) in [5.74, 6) is 0.341. The van der Waals surface area contributed by atoms with Gasteiger partial charge in [0.15, 0.2) is 0 Å². The van der Waals surface area contributed by atoms with Gasteiger partial charge in [0.2, 0.25) is 11.0 Å². The fraction of sp³-hybridized carbons (Fsp3) is 0.714. The molecule has 0 amide bonds. The Bertz CT molecular complexity index is 542. The maximum absolute atomic E-state index is 11.2. The largest absolute Gasteiger partial charge is 0.348 e. The molecular weight excluding hydrogens is 306 g/mol. The zero-order chi connectivity index (χ0) is 15.5. The van der Waals surface area contributed by atoms with Gasteiger partial charge >= 0.3 is 5.69 Å². The summed E-state index contributed by atoms with van der Waals surface area (Å²) in [5.41, 5.74) is -0.185. The summed E-state index contributed by atoms with van der Waals surface area (Å²) >= 11 is 5.86. The SMILES string of the molecule is O=[N+]([O-])c1c(Cl)ncnc1N1CCN(C2CCCCC2)CC1. The molecule has 7 nitrogen and oxygen atoms in total. The van der Waals surface area contributed by atoms with Gasteiger partial charge in [0.1, 0.15) is 6.33 Å². The smallest absolute Gasteiger partial charge is 0.348 e. The van der Waals surface area contributed by atoms with E-state index in [0.29, 0.717) is 11.9 Å². The van der Waals surface area contributed by atoms with Crippen molar-refractivity contribution in [3.05, 3.63) is 21.6 Å². The Morgan fingerprint density at radius 3 is 2.45 bits per heavy atom. The van der Waals surface area contributed by atoms with Gasteiger partial charge in [-0.15, -0.1) is 0 Å². The minimum Gasteiger partial charge on any atom is -0.348 e. The van der Waals surface area contributed by atoms with E-state index in [2.05, 4.69) is 14.9 Å². The second-order valence-electron chi connectivity index (χ2n) is 5.91. The molecule has 8 heteroatoms. The third-order valence-corrected chi connectivity index (χ3v) is 4.92. The molecule has 0 bridgehead atoms. The van der Waals surface area contributed by atoms with Crippen molar-refractivity contribution >= 4 is 23.1 Å². The number of rotatable bonds is 3. The molecule has 1 saturated carbocycles. The van der Waals surface area contributed by atoms with Gasteiger partial charge in [0, 0.05) is 32.2 Å². The highest BCUT2D eigenvalue weighted by Crippen LogP contribution is 2.32. The Morgan fingerprint density at radius 1 is 1.14 bits per heavy atom. The molecule has 2 fully saturated rings. The molecular formula is C14H20ClN5O2. The van der Waals surface area contributed by atoms with Crippen LogP contribution in [0, 0.1) is 10.1 Å². The van der Waals surface area contributed by atoms with Crippen LogP contribution in [0.2, 0.25) is 5.15 Å². The van der Waals surface area contributed by atoms with E-state index in [9.17, 15) is 10.1 Å². The summed E-state index contributed by atoms with van der Waals surface area (Å²) in [6.07, 6.45) is 7.83. The van der Waals surface area contributed by atoms with Crippen molar-refractivity contribution in [2.45, 2.75) is 38.1 Å². The molecule has 1 aromatic heterocycles. The first kappa shape index (κ1) is 15.4. The van der Waals surface area contributed by atoms with Crippen molar-refractivity contribution < 1.29 is 4.92 Å². The highest BCUT2D eigenvalue weighted by atomic mass is 35.5. The van der Waals surface area contributed by atoms with Crippen molar-refractivity contribution in [2.24, 2.45) is 0 Å². The summed E-state index contributed by atoms with van der Waals surface area (Å²) in [5, 5.41) is 11.1. The van der Waals surface area contributed by atoms with Crippen LogP contribution < -0.4 is 4.90 Å². The second-order valence-corrected chi connectivity index (χ2v) is 6.27. The first-order chi connectivity index (χ1) is 10.7. The van der Waals surface area contributed by atoms with Gasteiger partial charge in [-0.1, -0.05) is 30.9 Å². The third-order valence-electron chi connectivity index (χ3n) is 4.65. The van der Waals surface area contributed by atoms with E-state index in [0.717, 1.165) is 26.2 Å². The molecule has 2 aliphatic rings. The van der Waals surface area contributed by atoms with Crippen LogP contribution in [0.5, 0.6) is 0 Å². The monoisotopic (exact) mass is 325 g/mol. The molecule has 1 aromatic rings. The van der Waals surface area contributed by atoms with Crippen LogP contribution in [0.4, 0.5) is 11.5 Å². The normalized spacial score (nSPS) is 21.0. The fourth-order valence-corrected chi connectivity index (χ4v) is 3.68. The first-order valence-electron chi connectivity index (χ1n) is 7.80. The van der Waals surface area contributed by atoms with E-state index < -0.39 is 4.92 Å². The van der Waals surface area contributed by atoms with Crippen LogP contribution in [0.15, 0.2) is 6.33 Å². The van der Waals surface area contributed by atoms with Gasteiger partial charge in [0.25, 0.3) is 0 Å². The van der Waals surface area contributed by atoms with Crippen LogP contribution in [0.25, 0.3) is 0 Å². The van der Waals surface area contributed by atoms with Gasteiger partial charge in [-0.3, -0.25) is 15.0 Å². The van der Waals surface area contributed by atoms with Gasteiger partial charge in [-0.2, -0.15) is 0 Å². The van der Waals surface area contributed by atoms with E-state index in [-0.39, 0.29) is 10.8 Å². The Labute approximate surface area is 134 Å². The van der Waals surface area contributed by atoms with Gasteiger partial charge < -0.3 is 4.90 Å². The third kappa shape index (κ3) is 3.15. The summed E-state index contributed by atoms with van der Waals surface area (Å²) in [7, 11) is 0. The predicted molar refractivity (Wildman–Crippen MR) is 84.4 cm³/mol. The number of anilines is 1. The molecule has 0 unspecified atom stereocenters. The van der Waals surface area contributed by atoms with Crippen LogP contribution >= 0.6 is 11.6 Å². The zero-order valence-corrected chi connectivity index (χ0v) is 13.2. The lowest BCUT2D eigenvalue weighted by Crippen LogP contribution is -2.51. The molecule has 0 spiro atoms. The molecule has 3 rings (SSSR count). The van der Waals surface area contributed by atoms with E-state index in [1.807, 2.05) is 4.90 Å². The lowest BCUT2D eigenvalue weighted by Gasteiger charge is -2.40. The summed E-state index contributed by atoms with van der Waals surface area (Å²) in [6, 6.07) is 0.680. The van der Waals surface area contributed by atoms with Gasteiger partial charge in [-0.05, 0) is 12.8 Å². The number of nitro groups is 1. The van der Waals surface area contributed by atoms with Crippen LogP contribution in [-0.2, 0) is 0 Å². The number of piperazine rings is 1. The number of halogens is 1. The summed E-state index contributed by atoms with van der Waals surface area (Å²) in [6.45, 7) is 3.32. The Balaban J connectivity index is 1.69. The standard InChI is InChI=1S/C14H20ClN5O2/c15-13-12(20(21)22)14(17-10-16-13)19-8-6-18(7-9-19)11-4-2-1-3-5-11/h10-11H,1-9H2. The van der Waals surface area contributed by atoms with Crippen molar-refractivity contribution in [1.82, 2.24) is 14.9 Å². The van der Waals surface area contributed by atoms with Gasteiger partial charge in [0.05, 0.1) is 4.92 Å². The van der Waals surface area contributed by atoms with Crippen LogP contribution in [-0.4, -0.2) is 52.0 Å². The lowest BCUT2D eigenvalue weighted by molar-refractivity contribution is -0.384. The quantitative estimate of drug-likeness (QED) is 0.483. The summed E-state index contributed by atoms with van der Waals surface area (Å²) < 4.78 is 0. The number of aromatic nitrogens is 2. The summed E-state index contributed by atoms with van der Waals surface area (Å²) in [4.78, 5) is 23.0. The Kier molecular flexibility index (Phi) is 4.73. The van der Waals surface area contributed by atoms with Crippen LogP contribution in [0.1, 0.15) is 32.1 Å². The molecule has 120 valence electrons. The van der Waals surface area contributed by atoms with Crippen LogP contribution in [0.3, 0.4) is 0 Å².